The summed E-state index contributed by atoms with van der Waals surface area (Å²) in [5.41, 5.74) is 3.87. The highest BCUT2D eigenvalue weighted by Crippen LogP contribution is 2.39. The maximum atomic E-state index is 5.90. The molecule has 0 unspecified atom stereocenters. The van der Waals surface area contributed by atoms with E-state index in [1.807, 2.05) is 0 Å². The van der Waals surface area contributed by atoms with Crippen molar-refractivity contribution in [2.45, 2.75) is 37.0 Å². The zero-order chi connectivity index (χ0) is 16.8. The van der Waals surface area contributed by atoms with Crippen LogP contribution in [-0.4, -0.2) is 15.0 Å². The molecule has 23 heavy (non-hydrogen) atoms. The summed E-state index contributed by atoms with van der Waals surface area (Å²) in [7, 11) is 0. The Bertz CT molecular complexity index is 743. The van der Waals surface area contributed by atoms with E-state index < -0.39 is 3.79 Å². The van der Waals surface area contributed by atoms with Crippen LogP contribution in [0.1, 0.15) is 41.3 Å². The van der Waals surface area contributed by atoms with Gasteiger partial charge in [0.15, 0.2) is 5.82 Å². The van der Waals surface area contributed by atoms with Crippen molar-refractivity contribution in [1.29, 1.82) is 0 Å². The Labute approximate surface area is 150 Å². The molecule has 2 aromatic rings. The molecule has 0 amide bonds. The van der Waals surface area contributed by atoms with Crippen LogP contribution in [0.5, 0.6) is 0 Å². The van der Waals surface area contributed by atoms with Crippen molar-refractivity contribution in [3.05, 3.63) is 46.5 Å². The van der Waals surface area contributed by atoms with Crippen molar-refractivity contribution in [2.75, 3.05) is 5.32 Å². The maximum Gasteiger partial charge on any atom is 0.250 e. The molecule has 4 nitrogen and oxygen atoms in total. The highest BCUT2D eigenvalue weighted by atomic mass is 35.6. The number of rotatable bonds is 2. The van der Waals surface area contributed by atoms with E-state index in [1.54, 1.807) is 6.92 Å². The minimum Gasteiger partial charge on any atom is -0.347 e. The summed E-state index contributed by atoms with van der Waals surface area (Å²) in [6.07, 6.45) is 1.02. The monoisotopic (exact) mass is 370 g/mol. The molecule has 0 bridgehead atoms. The molecule has 0 fully saturated rings. The molecule has 0 aliphatic heterocycles. The molecule has 1 N–H and O–H groups in total. The fraction of sp³-hybridized carbons (Fsp3) is 0.438. The molecule has 7 heteroatoms. The second-order valence-corrected chi connectivity index (χ2v) is 8.31. The van der Waals surface area contributed by atoms with Crippen LogP contribution < -0.4 is 5.32 Å². The number of nitrogens with zero attached hydrogens (tertiary/aromatic N) is 3. The van der Waals surface area contributed by atoms with Gasteiger partial charge in [-0.2, -0.15) is 9.97 Å². The lowest BCUT2D eigenvalue weighted by Crippen LogP contribution is -2.19. The van der Waals surface area contributed by atoms with Crippen LogP contribution >= 0.6 is 34.8 Å². The van der Waals surface area contributed by atoms with E-state index in [0.29, 0.717) is 17.7 Å². The van der Waals surface area contributed by atoms with Crippen LogP contribution in [0.25, 0.3) is 0 Å². The lowest BCUT2D eigenvalue weighted by Gasteiger charge is -2.20. The van der Waals surface area contributed by atoms with Crippen molar-refractivity contribution in [3.63, 3.8) is 0 Å². The molecule has 1 aromatic carbocycles. The first-order chi connectivity index (χ1) is 10.7. The first-order valence-corrected chi connectivity index (χ1v) is 8.53. The van der Waals surface area contributed by atoms with E-state index >= 15 is 0 Å². The number of anilines is 1. The summed E-state index contributed by atoms with van der Waals surface area (Å²) in [4.78, 5) is 12.7. The number of hydrogen-bond acceptors (Lipinski definition) is 4. The smallest absolute Gasteiger partial charge is 0.250 e. The molecule has 0 radical (unpaired) electrons. The Balaban J connectivity index is 1.94. The molecule has 0 spiro atoms. The average molecular weight is 372 g/mol. The maximum absolute atomic E-state index is 5.90. The second-order valence-electron chi connectivity index (χ2n) is 6.03. The first-order valence-electron chi connectivity index (χ1n) is 7.40. The third kappa shape index (κ3) is 3.54. The molecule has 122 valence electrons. The molecule has 1 aliphatic rings. The molecule has 1 aromatic heterocycles. The lowest BCUT2D eigenvalue weighted by atomic mass is 10.0. The van der Waals surface area contributed by atoms with Crippen molar-refractivity contribution < 1.29 is 0 Å². The molecule has 3 rings (SSSR count). The Kier molecular flexibility index (Phi) is 4.43. The van der Waals surface area contributed by atoms with Crippen LogP contribution in [0.15, 0.2) is 18.2 Å². The average Bonchev–Trinajstić information content (AvgIpc) is 2.73. The van der Waals surface area contributed by atoms with Gasteiger partial charge in [0.1, 0.15) is 5.82 Å². The van der Waals surface area contributed by atoms with Crippen LogP contribution in [-0.2, 0) is 10.2 Å². The van der Waals surface area contributed by atoms with Crippen molar-refractivity contribution in [3.8, 4) is 0 Å². The molecule has 0 saturated heterocycles. The van der Waals surface area contributed by atoms with E-state index in [2.05, 4.69) is 52.3 Å². The first kappa shape index (κ1) is 16.7. The Morgan fingerprint density at radius 2 is 1.87 bits per heavy atom. The number of alkyl halides is 3. The van der Waals surface area contributed by atoms with E-state index in [9.17, 15) is 0 Å². The summed E-state index contributed by atoms with van der Waals surface area (Å²) in [6, 6.07) is 6.67. The van der Waals surface area contributed by atoms with Gasteiger partial charge in [0, 0.05) is 0 Å². The molecule has 1 heterocycles. The third-order valence-corrected chi connectivity index (χ3v) is 4.54. The van der Waals surface area contributed by atoms with Gasteiger partial charge in [-0.25, -0.2) is 4.98 Å². The fourth-order valence-electron chi connectivity index (χ4n) is 2.99. The van der Waals surface area contributed by atoms with Crippen LogP contribution in [0, 0.1) is 19.8 Å². The predicted octanol–water partition coefficient (Wildman–Crippen LogP) is 4.66. The highest BCUT2D eigenvalue weighted by Gasteiger charge is 2.32. The number of benzene rings is 1. The molecule has 0 saturated carbocycles. The van der Waals surface area contributed by atoms with Crippen LogP contribution in [0.4, 0.5) is 5.95 Å². The number of aromatic nitrogens is 3. The second kappa shape index (κ2) is 6.08. The minimum absolute atomic E-state index is 0.132. The largest absolute Gasteiger partial charge is 0.347 e. The molecular formula is C16H17Cl3N4. The van der Waals surface area contributed by atoms with Gasteiger partial charge in [0.05, 0.1) is 6.04 Å². The number of halogens is 3. The van der Waals surface area contributed by atoms with E-state index in [-0.39, 0.29) is 11.9 Å². The van der Waals surface area contributed by atoms with Crippen molar-refractivity contribution >= 4 is 40.8 Å². The Morgan fingerprint density at radius 3 is 2.57 bits per heavy atom. The topological polar surface area (TPSA) is 50.7 Å². The third-order valence-electron chi connectivity index (χ3n) is 4.03. The number of hydrogen-bond donors (Lipinski definition) is 1. The van der Waals surface area contributed by atoms with Gasteiger partial charge in [0.2, 0.25) is 9.74 Å². The summed E-state index contributed by atoms with van der Waals surface area (Å²) in [5.74, 6) is 1.51. The van der Waals surface area contributed by atoms with Gasteiger partial charge >= 0.3 is 0 Å². The molecule has 1 aliphatic carbocycles. The minimum atomic E-state index is -1.67. The van der Waals surface area contributed by atoms with Gasteiger partial charge < -0.3 is 5.32 Å². The zero-order valence-corrected chi connectivity index (χ0v) is 15.3. The summed E-state index contributed by atoms with van der Waals surface area (Å²) in [5, 5.41) is 3.39. The number of aryl methyl sites for hydroxylation is 2. The number of fused-ring (bicyclic) bond motifs is 1. The normalized spacial score (nSPS) is 20.4. The van der Waals surface area contributed by atoms with Gasteiger partial charge in [-0.1, -0.05) is 65.5 Å². The summed E-state index contributed by atoms with van der Waals surface area (Å²) < 4.78 is -1.67. The summed E-state index contributed by atoms with van der Waals surface area (Å²) >= 11 is 17.7. The SMILES string of the molecule is Cc1ccc2c(c1)[C@H](Nc1nc(C)nc(C(Cl)(Cl)Cl)n1)[C@@H](C)C2. The lowest BCUT2D eigenvalue weighted by molar-refractivity contribution is 0.538. The van der Waals surface area contributed by atoms with Gasteiger partial charge in [-0.3, -0.25) is 0 Å². The van der Waals surface area contributed by atoms with Crippen molar-refractivity contribution in [2.24, 2.45) is 5.92 Å². The zero-order valence-electron chi connectivity index (χ0n) is 13.1. The fourth-order valence-corrected chi connectivity index (χ4v) is 3.25. The summed E-state index contributed by atoms with van der Waals surface area (Å²) in [6.45, 7) is 6.05. The van der Waals surface area contributed by atoms with E-state index in [1.165, 1.54) is 16.7 Å². The predicted molar refractivity (Wildman–Crippen MR) is 94.2 cm³/mol. The van der Waals surface area contributed by atoms with E-state index in [4.69, 9.17) is 34.8 Å². The van der Waals surface area contributed by atoms with Gasteiger partial charge in [-0.05, 0) is 37.3 Å². The Hall–Kier alpha value is -1.10. The molecular weight excluding hydrogens is 355 g/mol. The molecule has 2 atom stereocenters. The van der Waals surface area contributed by atoms with Crippen molar-refractivity contribution in [1.82, 2.24) is 15.0 Å². The van der Waals surface area contributed by atoms with Gasteiger partial charge in [0.25, 0.3) is 0 Å². The van der Waals surface area contributed by atoms with Crippen LogP contribution in [0.3, 0.4) is 0 Å². The standard InChI is InChI=1S/C16H17Cl3N4/c1-8-4-5-11-7-9(2)13(12(11)6-8)22-15-21-10(3)20-14(23-15)16(17,18)19/h4-6,9,13H,7H2,1-3H3,(H,20,21,22,23)/t9-,13+/m0/s1. The Morgan fingerprint density at radius 1 is 1.13 bits per heavy atom. The van der Waals surface area contributed by atoms with Gasteiger partial charge in [-0.15, -0.1) is 0 Å². The highest BCUT2D eigenvalue weighted by molar-refractivity contribution is 6.66. The number of nitrogens with one attached hydrogen (secondary N) is 1. The quantitative estimate of drug-likeness (QED) is 0.780. The van der Waals surface area contributed by atoms with E-state index in [0.717, 1.165) is 6.42 Å². The van der Waals surface area contributed by atoms with Crippen LogP contribution in [0.2, 0.25) is 0 Å².